The molecule has 0 amide bonds. The number of hydrogen-bond donors (Lipinski definition) is 2. The number of aromatic nitrogens is 2. The van der Waals surface area contributed by atoms with Gasteiger partial charge in [0.1, 0.15) is 5.82 Å². The van der Waals surface area contributed by atoms with E-state index >= 15 is 0 Å². The Balaban J connectivity index is 1.71. The van der Waals surface area contributed by atoms with Crippen LogP contribution >= 0.6 is 23.4 Å². The topological polar surface area (TPSA) is 84.1 Å². The summed E-state index contributed by atoms with van der Waals surface area (Å²) in [5.41, 5.74) is 8.50. The standard InChI is InChI=1S/C20H21ClN4OS/c1-3-12(2)13-4-7-15(8-5-13)23-20(22)27-11-18-24-17-10-14(21)6-9-16(17)19(26)25-18/h4-10,12H,3,11H2,1-2H3,(H2,22,23)(H,24,25,26)/t12-/m1/s1. The molecule has 0 aliphatic rings. The molecule has 0 aliphatic carbocycles. The summed E-state index contributed by atoms with van der Waals surface area (Å²) >= 11 is 7.31. The van der Waals surface area contributed by atoms with Gasteiger partial charge in [0.05, 0.1) is 22.3 Å². The average molecular weight is 401 g/mol. The molecule has 3 N–H and O–H groups in total. The Morgan fingerprint density at radius 3 is 2.74 bits per heavy atom. The molecule has 0 bridgehead atoms. The van der Waals surface area contributed by atoms with Gasteiger partial charge in [-0.15, -0.1) is 0 Å². The average Bonchev–Trinajstić information content (AvgIpc) is 2.66. The number of nitrogens with one attached hydrogen (secondary N) is 1. The van der Waals surface area contributed by atoms with Crippen LogP contribution in [-0.4, -0.2) is 15.1 Å². The first kappa shape index (κ1) is 19.5. The van der Waals surface area contributed by atoms with E-state index in [0.717, 1.165) is 12.1 Å². The molecule has 0 unspecified atom stereocenters. The van der Waals surface area contributed by atoms with E-state index in [4.69, 9.17) is 17.3 Å². The first-order chi connectivity index (χ1) is 13.0. The fourth-order valence-electron chi connectivity index (χ4n) is 2.64. The van der Waals surface area contributed by atoms with E-state index in [-0.39, 0.29) is 5.56 Å². The second-order valence-corrected chi connectivity index (χ2v) is 7.75. The van der Waals surface area contributed by atoms with Crippen molar-refractivity contribution in [2.24, 2.45) is 10.7 Å². The number of fused-ring (bicyclic) bond motifs is 1. The Morgan fingerprint density at radius 2 is 2.04 bits per heavy atom. The number of rotatable bonds is 5. The third-order valence-electron chi connectivity index (χ3n) is 4.39. The van der Waals surface area contributed by atoms with Crippen molar-refractivity contribution >= 4 is 45.1 Å². The highest BCUT2D eigenvalue weighted by Crippen LogP contribution is 2.23. The zero-order chi connectivity index (χ0) is 19.4. The lowest BCUT2D eigenvalue weighted by Gasteiger charge is -2.08. The fourth-order valence-corrected chi connectivity index (χ4v) is 3.40. The quantitative estimate of drug-likeness (QED) is 0.467. The summed E-state index contributed by atoms with van der Waals surface area (Å²) in [5.74, 6) is 1.47. The molecule has 1 aromatic heterocycles. The van der Waals surface area contributed by atoms with E-state index in [9.17, 15) is 4.79 Å². The second-order valence-electron chi connectivity index (χ2n) is 6.31. The SMILES string of the molecule is CC[C@@H](C)c1ccc(N=C(N)SCc2nc3cc(Cl)ccc3c(=O)[nH]2)cc1. The number of halogens is 1. The number of amidine groups is 1. The number of thioether (sulfide) groups is 1. The summed E-state index contributed by atoms with van der Waals surface area (Å²) in [4.78, 5) is 23.8. The highest BCUT2D eigenvalue weighted by atomic mass is 35.5. The molecule has 0 spiro atoms. The monoisotopic (exact) mass is 400 g/mol. The van der Waals surface area contributed by atoms with Crippen LogP contribution in [0.3, 0.4) is 0 Å². The molecule has 1 heterocycles. The van der Waals surface area contributed by atoms with E-state index in [1.165, 1.54) is 17.3 Å². The Hall–Kier alpha value is -2.31. The van der Waals surface area contributed by atoms with Crippen LogP contribution in [0.5, 0.6) is 0 Å². The number of benzene rings is 2. The van der Waals surface area contributed by atoms with Crippen molar-refractivity contribution in [3.8, 4) is 0 Å². The minimum absolute atomic E-state index is 0.191. The lowest BCUT2D eigenvalue weighted by atomic mass is 9.99. The van der Waals surface area contributed by atoms with Crippen LogP contribution in [0, 0.1) is 0 Å². The van der Waals surface area contributed by atoms with E-state index in [1.807, 2.05) is 12.1 Å². The van der Waals surface area contributed by atoms with Crippen molar-refractivity contribution < 1.29 is 0 Å². The van der Waals surface area contributed by atoms with E-state index in [1.54, 1.807) is 18.2 Å². The van der Waals surface area contributed by atoms with Gasteiger partial charge in [0.2, 0.25) is 0 Å². The largest absolute Gasteiger partial charge is 0.378 e. The van der Waals surface area contributed by atoms with Crippen molar-refractivity contribution in [1.82, 2.24) is 9.97 Å². The summed E-state index contributed by atoms with van der Waals surface area (Å²) in [6, 6.07) is 13.1. The zero-order valence-corrected chi connectivity index (χ0v) is 16.8. The molecular formula is C20H21ClN4OS. The first-order valence-corrected chi connectivity index (χ1v) is 10.1. The molecular weight excluding hydrogens is 380 g/mol. The van der Waals surface area contributed by atoms with Gasteiger partial charge in [-0.3, -0.25) is 4.79 Å². The molecule has 140 valence electrons. The van der Waals surface area contributed by atoms with Crippen LogP contribution in [0.1, 0.15) is 37.6 Å². The maximum Gasteiger partial charge on any atom is 0.258 e. The fraction of sp³-hybridized carbons (Fsp3) is 0.250. The lowest BCUT2D eigenvalue weighted by molar-refractivity contribution is 0.734. The zero-order valence-electron chi connectivity index (χ0n) is 15.2. The molecule has 0 saturated carbocycles. The maximum absolute atomic E-state index is 12.1. The van der Waals surface area contributed by atoms with Gasteiger partial charge < -0.3 is 10.7 Å². The summed E-state index contributed by atoms with van der Waals surface area (Å²) in [6.07, 6.45) is 1.10. The summed E-state index contributed by atoms with van der Waals surface area (Å²) in [6.45, 7) is 4.37. The van der Waals surface area contributed by atoms with Gasteiger partial charge in [-0.2, -0.15) is 0 Å². The molecule has 0 aliphatic heterocycles. The van der Waals surface area contributed by atoms with Crippen LogP contribution < -0.4 is 11.3 Å². The van der Waals surface area contributed by atoms with Gasteiger partial charge in [0.15, 0.2) is 5.17 Å². The van der Waals surface area contributed by atoms with Crippen molar-refractivity contribution in [3.05, 3.63) is 69.2 Å². The third-order valence-corrected chi connectivity index (χ3v) is 5.43. The highest BCUT2D eigenvalue weighted by molar-refractivity contribution is 8.13. The Bertz CT molecular complexity index is 1030. The molecule has 0 fully saturated rings. The highest BCUT2D eigenvalue weighted by Gasteiger charge is 2.06. The van der Waals surface area contributed by atoms with Gasteiger partial charge in [0.25, 0.3) is 5.56 Å². The van der Waals surface area contributed by atoms with Gasteiger partial charge in [-0.05, 0) is 48.2 Å². The number of H-pyrrole nitrogens is 1. The summed E-state index contributed by atoms with van der Waals surface area (Å²) in [5, 5.41) is 1.47. The van der Waals surface area contributed by atoms with E-state index in [2.05, 4.69) is 40.9 Å². The van der Waals surface area contributed by atoms with E-state index < -0.39 is 0 Å². The molecule has 27 heavy (non-hydrogen) atoms. The molecule has 7 heteroatoms. The van der Waals surface area contributed by atoms with E-state index in [0.29, 0.717) is 38.6 Å². The number of nitrogens with zero attached hydrogens (tertiary/aromatic N) is 2. The van der Waals surface area contributed by atoms with Crippen molar-refractivity contribution in [2.45, 2.75) is 31.9 Å². The molecule has 5 nitrogen and oxygen atoms in total. The maximum atomic E-state index is 12.1. The minimum Gasteiger partial charge on any atom is -0.378 e. The van der Waals surface area contributed by atoms with Crippen molar-refractivity contribution in [3.63, 3.8) is 0 Å². The first-order valence-electron chi connectivity index (χ1n) is 8.71. The smallest absolute Gasteiger partial charge is 0.258 e. The van der Waals surface area contributed by atoms with Crippen molar-refractivity contribution in [1.29, 1.82) is 0 Å². The van der Waals surface area contributed by atoms with Gasteiger partial charge in [-0.1, -0.05) is 49.3 Å². The van der Waals surface area contributed by atoms with Crippen LogP contribution in [0.4, 0.5) is 5.69 Å². The molecule has 0 radical (unpaired) electrons. The Morgan fingerprint density at radius 1 is 1.30 bits per heavy atom. The van der Waals surface area contributed by atoms with Gasteiger partial charge in [-0.25, -0.2) is 9.98 Å². The second kappa shape index (κ2) is 8.59. The molecule has 3 aromatic rings. The minimum atomic E-state index is -0.191. The Kier molecular flexibility index (Phi) is 6.19. The molecule has 1 atom stereocenters. The summed E-state index contributed by atoms with van der Waals surface area (Å²) < 4.78 is 0. The number of aromatic amines is 1. The van der Waals surface area contributed by atoms with Crippen molar-refractivity contribution in [2.75, 3.05) is 0 Å². The van der Waals surface area contributed by atoms with Crippen LogP contribution in [0.2, 0.25) is 5.02 Å². The van der Waals surface area contributed by atoms with Crippen LogP contribution in [-0.2, 0) is 5.75 Å². The van der Waals surface area contributed by atoms with Gasteiger partial charge in [0, 0.05) is 5.02 Å². The van der Waals surface area contributed by atoms with Crippen LogP contribution in [0.25, 0.3) is 10.9 Å². The van der Waals surface area contributed by atoms with Gasteiger partial charge >= 0.3 is 0 Å². The van der Waals surface area contributed by atoms with Crippen LogP contribution in [0.15, 0.2) is 52.3 Å². The normalized spacial score (nSPS) is 13.1. The predicted octanol–water partition coefficient (Wildman–Crippen LogP) is 4.97. The number of nitrogens with two attached hydrogens (primary N) is 1. The summed E-state index contributed by atoms with van der Waals surface area (Å²) in [7, 11) is 0. The Labute approximate surface area is 167 Å². The number of hydrogen-bond acceptors (Lipinski definition) is 4. The predicted molar refractivity (Wildman–Crippen MR) is 115 cm³/mol. The molecule has 2 aromatic carbocycles. The molecule has 0 saturated heterocycles. The molecule has 3 rings (SSSR count). The number of aliphatic imine (C=N–C) groups is 1. The lowest BCUT2D eigenvalue weighted by Crippen LogP contribution is -2.13. The third kappa shape index (κ3) is 4.90.